The van der Waals surface area contributed by atoms with Gasteiger partial charge >= 0.3 is 0 Å². The summed E-state index contributed by atoms with van der Waals surface area (Å²) >= 11 is 5.33. The fourth-order valence-corrected chi connectivity index (χ4v) is 3.36. The van der Waals surface area contributed by atoms with Crippen molar-refractivity contribution in [2.24, 2.45) is 0 Å². The van der Waals surface area contributed by atoms with E-state index in [0.717, 1.165) is 5.75 Å². The number of hydrogen-bond acceptors (Lipinski definition) is 2. The second kappa shape index (κ2) is 4.34. The molecule has 0 saturated heterocycles. The first-order valence-corrected chi connectivity index (χ1v) is 6.57. The van der Waals surface area contributed by atoms with E-state index in [-0.39, 0.29) is 6.61 Å². The Morgan fingerprint density at radius 1 is 1.24 bits per heavy atom. The van der Waals surface area contributed by atoms with Gasteiger partial charge in [-0.25, -0.2) is 0 Å². The number of fused-ring (bicyclic) bond motifs is 2. The first kappa shape index (κ1) is 11.1. The maximum absolute atomic E-state index is 10.8. The molecule has 3 aliphatic rings. The van der Waals surface area contributed by atoms with Crippen molar-refractivity contribution in [3.63, 3.8) is 0 Å². The van der Waals surface area contributed by atoms with Gasteiger partial charge in [0.15, 0.2) is 6.61 Å². The van der Waals surface area contributed by atoms with E-state index in [1.54, 1.807) is 0 Å². The van der Waals surface area contributed by atoms with E-state index in [1.165, 1.54) is 36.8 Å². The van der Waals surface area contributed by atoms with Crippen LogP contribution in [0.5, 0.6) is 5.75 Å². The smallest absolute Gasteiger partial charge is 0.259 e. The average Bonchev–Trinajstić information content (AvgIpc) is 2.37. The highest BCUT2D eigenvalue weighted by atomic mass is 35.5. The number of carbonyl (C=O) groups is 1. The molecule has 0 radical (unpaired) electrons. The lowest BCUT2D eigenvalue weighted by Gasteiger charge is -2.39. The molecule has 1 saturated carbocycles. The number of ether oxygens (including phenoxy) is 1. The molecule has 17 heavy (non-hydrogen) atoms. The first-order chi connectivity index (χ1) is 8.25. The maximum Gasteiger partial charge on any atom is 0.259 e. The summed E-state index contributed by atoms with van der Waals surface area (Å²) in [6.07, 6.45) is 5.12. The lowest BCUT2D eigenvalue weighted by Crippen LogP contribution is -2.22. The van der Waals surface area contributed by atoms with Crippen molar-refractivity contribution in [1.82, 2.24) is 0 Å². The van der Waals surface area contributed by atoms with Gasteiger partial charge in [-0.3, -0.25) is 4.79 Å². The third-order valence-corrected chi connectivity index (χ3v) is 4.13. The SMILES string of the molecule is O=C(Cl)COc1cccc2c1C1CCC2CC1. The Bertz CT molecular complexity index is 448. The Morgan fingerprint density at radius 3 is 2.65 bits per heavy atom. The van der Waals surface area contributed by atoms with Crippen LogP contribution in [0.4, 0.5) is 0 Å². The molecule has 0 unspecified atom stereocenters. The van der Waals surface area contributed by atoms with Crippen LogP contribution in [-0.2, 0) is 4.79 Å². The van der Waals surface area contributed by atoms with Gasteiger partial charge in [0.25, 0.3) is 5.24 Å². The van der Waals surface area contributed by atoms with Gasteiger partial charge in [-0.2, -0.15) is 0 Å². The third-order valence-electron chi connectivity index (χ3n) is 4.02. The molecule has 0 amide bonds. The highest BCUT2D eigenvalue weighted by Gasteiger charge is 2.34. The van der Waals surface area contributed by atoms with Crippen molar-refractivity contribution in [1.29, 1.82) is 0 Å². The van der Waals surface area contributed by atoms with Crippen LogP contribution in [0.2, 0.25) is 0 Å². The Morgan fingerprint density at radius 2 is 1.94 bits per heavy atom. The summed E-state index contributed by atoms with van der Waals surface area (Å²) in [7, 11) is 0. The molecule has 2 nitrogen and oxygen atoms in total. The summed E-state index contributed by atoms with van der Waals surface area (Å²) in [5.74, 6) is 2.19. The maximum atomic E-state index is 10.8. The van der Waals surface area contributed by atoms with Gasteiger partial charge in [-0.15, -0.1) is 0 Å². The minimum Gasteiger partial charge on any atom is -0.484 e. The van der Waals surface area contributed by atoms with Crippen LogP contribution in [0.15, 0.2) is 18.2 Å². The molecule has 0 atom stereocenters. The quantitative estimate of drug-likeness (QED) is 0.767. The summed E-state index contributed by atoms with van der Waals surface area (Å²) in [5, 5.41) is -0.441. The van der Waals surface area contributed by atoms with Crippen LogP contribution in [0, 0.1) is 0 Å². The van der Waals surface area contributed by atoms with Gasteiger partial charge in [0.2, 0.25) is 0 Å². The number of benzene rings is 1. The molecule has 3 heteroatoms. The number of halogens is 1. The normalized spacial score (nSPS) is 25.5. The predicted octanol–water partition coefficient (Wildman–Crippen LogP) is 3.59. The molecule has 1 aromatic rings. The van der Waals surface area contributed by atoms with E-state index in [1.807, 2.05) is 12.1 Å². The van der Waals surface area contributed by atoms with Gasteiger partial charge in [0, 0.05) is 5.56 Å². The monoisotopic (exact) mass is 250 g/mol. The van der Waals surface area contributed by atoms with Crippen LogP contribution in [-0.4, -0.2) is 11.8 Å². The van der Waals surface area contributed by atoms with Crippen LogP contribution in [0.3, 0.4) is 0 Å². The predicted molar refractivity (Wildman–Crippen MR) is 66.7 cm³/mol. The summed E-state index contributed by atoms with van der Waals surface area (Å²) in [6, 6.07) is 6.19. The Balaban J connectivity index is 1.95. The third kappa shape index (κ3) is 1.95. The van der Waals surface area contributed by atoms with Crippen molar-refractivity contribution in [2.45, 2.75) is 37.5 Å². The number of carbonyl (C=O) groups excluding carboxylic acids is 1. The fourth-order valence-electron chi connectivity index (χ4n) is 3.31. The zero-order chi connectivity index (χ0) is 11.8. The Hall–Kier alpha value is -1.02. The van der Waals surface area contributed by atoms with Gasteiger partial charge in [-0.1, -0.05) is 12.1 Å². The standard InChI is InChI=1S/C14H15ClO2/c15-13(16)8-17-12-3-1-2-11-9-4-6-10(7-5-9)14(11)12/h1-3,9-10H,4-8H2. The fraction of sp³-hybridized carbons (Fsp3) is 0.500. The van der Waals surface area contributed by atoms with Gasteiger partial charge in [-0.05, 0) is 60.7 Å². The molecular formula is C14H15ClO2. The molecule has 2 bridgehead atoms. The van der Waals surface area contributed by atoms with E-state index >= 15 is 0 Å². The number of hydrogen-bond donors (Lipinski definition) is 0. The molecule has 0 N–H and O–H groups in total. The van der Waals surface area contributed by atoms with E-state index in [0.29, 0.717) is 11.8 Å². The minimum atomic E-state index is -0.441. The van der Waals surface area contributed by atoms with Crippen molar-refractivity contribution in [2.75, 3.05) is 6.61 Å². The molecule has 90 valence electrons. The largest absolute Gasteiger partial charge is 0.484 e. The van der Waals surface area contributed by atoms with Crippen molar-refractivity contribution in [3.8, 4) is 5.75 Å². The molecule has 1 aromatic carbocycles. The molecule has 0 aliphatic heterocycles. The summed E-state index contributed by atoms with van der Waals surface area (Å²) in [6.45, 7) is -0.0323. The van der Waals surface area contributed by atoms with Crippen molar-refractivity contribution >= 4 is 16.8 Å². The molecule has 0 spiro atoms. The van der Waals surface area contributed by atoms with E-state index in [2.05, 4.69) is 6.07 Å². The summed E-state index contributed by atoms with van der Waals surface area (Å²) in [5.41, 5.74) is 2.78. The second-order valence-electron chi connectivity index (χ2n) is 4.95. The first-order valence-electron chi connectivity index (χ1n) is 6.19. The molecule has 1 fully saturated rings. The molecule has 4 rings (SSSR count). The van der Waals surface area contributed by atoms with E-state index in [4.69, 9.17) is 16.3 Å². The van der Waals surface area contributed by atoms with E-state index in [9.17, 15) is 4.79 Å². The van der Waals surface area contributed by atoms with Gasteiger partial charge in [0.05, 0.1) is 0 Å². The van der Waals surface area contributed by atoms with Gasteiger partial charge in [0.1, 0.15) is 5.75 Å². The zero-order valence-electron chi connectivity index (χ0n) is 9.62. The minimum absolute atomic E-state index is 0.0323. The highest BCUT2D eigenvalue weighted by Crippen LogP contribution is 2.52. The zero-order valence-corrected chi connectivity index (χ0v) is 10.4. The average molecular weight is 251 g/mol. The lowest BCUT2D eigenvalue weighted by atomic mass is 9.67. The van der Waals surface area contributed by atoms with Crippen LogP contribution >= 0.6 is 11.6 Å². The molecule has 0 heterocycles. The molecule has 3 aliphatic carbocycles. The molecular weight excluding hydrogens is 236 g/mol. The number of rotatable bonds is 3. The van der Waals surface area contributed by atoms with Crippen LogP contribution < -0.4 is 4.74 Å². The Labute approximate surface area is 106 Å². The van der Waals surface area contributed by atoms with Crippen LogP contribution in [0.1, 0.15) is 48.6 Å². The second-order valence-corrected chi connectivity index (χ2v) is 5.37. The van der Waals surface area contributed by atoms with E-state index < -0.39 is 5.24 Å². The molecule has 0 aromatic heterocycles. The summed E-state index contributed by atoms with van der Waals surface area (Å²) < 4.78 is 5.54. The highest BCUT2D eigenvalue weighted by molar-refractivity contribution is 6.63. The lowest BCUT2D eigenvalue weighted by molar-refractivity contribution is -0.113. The Kier molecular flexibility index (Phi) is 2.83. The topological polar surface area (TPSA) is 26.3 Å². The van der Waals surface area contributed by atoms with Crippen molar-refractivity contribution < 1.29 is 9.53 Å². The van der Waals surface area contributed by atoms with Crippen LogP contribution in [0.25, 0.3) is 0 Å². The van der Waals surface area contributed by atoms with Crippen molar-refractivity contribution in [3.05, 3.63) is 29.3 Å². The van der Waals surface area contributed by atoms with Gasteiger partial charge < -0.3 is 4.74 Å². The summed E-state index contributed by atoms with van der Waals surface area (Å²) in [4.78, 5) is 10.8.